The van der Waals surface area contributed by atoms with Crippen LogP contribution in [0.3, 0.4) is 0 Å². The molecule has 1 atom stereocenters. The van der Waals surface area contributed by atoms with Crippen LogP contribution in [-0.4, -0.2) is 18.4 Å². The van der Waals surface area contributed by atoms with Crippen molar-refractivity contribution in [2.45, 2.75) is 32.3 Å². The molecule has 17 heavy (non-hydrogen) atoms. The van der Waals surface area contributed by atoms with Crippen LogP contribution in [0, 0.1) is 0 Å². The molecular weight excluding hydrogens is 218 g/mol. The number of hydrogen-bond acceptors (Lipinski definition) is 4. The van der Waals surface area contributed by atoms with Crippen LogP contribution < -0.4 is 15.2 Å². The summed E-state index contributed by atoms with van der Waals surface area (Å²) >= 11 is 0. The third kappa shape index (κ3) is 2.23. The molecule has 1 aliphatic rings. The molecule has 3 N–H and O–H groups in total. The maximum absolute atomic E-state index is 10.1. The van der Waals surface area contributed by atoms with E-state index in [0.29, 0.717) is 13.0 Å². The third-order valence-corrected chi connectivity index (χ3v) is 2.99. The summed E-state index contributed by atoms with van der Waals surface area (Å²) in [5.74, 6) is 1.81. The fourth-order valence-corrected chi connectivity index (χ4v) is 2.21. The first-order valence-electron chi connectivity index (χ1n) is 5.95. The minimum Gasteiger partial charge on any atom is -0.454 e. The molecule has 0 saturated carbocycles. The molecule has 0 spiro atoms. The highest BCUT2D eigenvalue weighted by Gasteiger charge is 2.25. The molecule has 0 amide bonds. The average molecular weight is 237 g/mol. The van der Waals surface area contributed by atoms with E-state index in [0.717, 1.165) is 22.6 Å². The van der Waals surface area contributed by atoms with Crippen molar-refractivity contribution >= 4 is 0 Å². The molecule has 4 heteroatoms. The smallest absolute Gasteiger partial charge is 0.231 e. The van der Waals surface area contributed by atoms with E-state index in [2.05, 4.69) is 13.8 Å². The van der Waals surface area contributed by atoms with E-state index in [1.165, 1.54) is 0 Å². The van der Waals surface area contributed by atoms with Gasteiger partial charge in [0, 0.05) is 5.56 Å². The Morgan fingerprint density at radius 2 is 2.12 bits per heavy atom. The Balaban J connectivity index is 2.45. The lowest BCUT2D eigenvalue weighted by Crippen LogP contribution is -2.10. The van der Waals surface area contributed by atoms with Crippen LogP contribution in [0.5, 0.6) is 11.5 Å². The molecule has 1 aliphatic heterocycles. The predicted octanol–water partition coefficient (Wildman–Crippen LogP) is 1.92. The normalized spacial score (nSPS) is 15.4. The molecule has 0 saturated heterocycles. The number of fused-ring (bicyclic) bond motifs is 1. The standard InChI is InChI=1S/C13H19NO3/c1-8(2)12-9(10(15)5-6-14)3-4-11-13(12)17-7-16-11/h3-4,8,10,15H,5-7,14H2,1-2H3. The lowest BCUT2D eigenvalue weighted by molar-refractivity contribution is 0.165. The minimum absolute atomic E-state index is 0.255. The Labute approximate surface area is 101 Å². The van der Waals surface area contributed by atoms with Crippen LogP contribution in [0.2, 0.25) is 0 Å². The molecule has 4 nitrogen and oxygen atoms in total. The second-order valence-corrected chi connectivity index (χ2v) is 4.55. The monoisotopic (exact) mass is 237 g/mol. The summed E-state index contributed by atoms with van der Waals surface area (Å²) < 4.78 is 10.9. The first-order chi connectivity index (χ1) is 8.15. The molecule has 0 bridgehead atoms. The highest BCUT2D eigenvalue weighted by molar-refractivity contribution is 5.54. The molecule has 1 unspecified atom stereocenters. The second kappa shape index (κ2) is 4.94. The molecule has 1 aromatic rings. The van der Waals surface area contributed by atoms with Gasteiger partial charge in [-0.3, -0.25) is 0 Å². The summed E-state index contributed by atoms with van der Waals surface area (Å²) in [4.78, 5) is 0. The number of hydrogen-bond donors (Lipinski definition) is 2. The summed E-state index contributed by atoms with van der Waals surface area (Å²) in [5.41, 5.74) is 7.42. The van der Waals surface area contributed by atoms with Crippen molar-refractivity contribution in [3.8, 4) is 11.5 Å². The average Bonchev–Trinajstić information content (AvgIpc) is 2.75. The quantitative estimate of drug-likeness (QED) is 0.839. The van der Waals surface area contributed by atoms with Crippen LogP contribution in [0.1, 0.15) is 43.4 Å². The summed E-state index contributed by atoms with van der Waals surface area (Å²) in [5, 5.41) is 10.1. The van der Waals surface area contributed by atoms with Crippen LogP contribution >= 0.6 is 0 Å². The van der Waals surface area contributed by atoms with Gasteiger partial charge in [-0.15, -0.1) is 0 Å². The SMILES string of the molecule is CC(C)c1c(C(O)CCN)ccc2c1OCO2. The number of aliphatic hydroxyl groups is 1. The predicted molar refractivity (Wildman–Crippen MR) is 65.3 cm³/mol. The van der Waals surface area contributed by atoms with Gasteiger partial charge in [-0.2, -0.15) is 0 Å². The van der Waals surface area contributed by atoms with E-state index in [1.807, 2.05) is 12.1 Å². The van der Waals surface area contributed by atoms with Gasteiger partial charge in [-0.1, -0.05) is 19.9 Å². The van der Waals surface area contributed by atoms with E-state index in [9.17, 15) is 5.11 Å². The number of nitrogens with two attached hydrogens (primary N) is 1. The van der Waals surface area contributed by atoms with Crippen molar-refractivity contribution < 1.29 is 14.6 Å². The topological polar surface area (TPSA) is 64.7 Å². The van der Waals surface area contributed by atoms with Gasteiger partial charge in [0.2, 0.25) is 6.79 Å². The highest BCUT2D eigenvalue weighted by atomic mass is 16.7. The number of ether oxygens (including phenoxy) is 2. The number of rotatable bonds is 4. The molecule has 0 radical (unpaired) electrons. The van der Waals surface area contributed by atoms with Gasteiger partial charge in [-0.05, 0) is 30.5 Å². The van der Waals surface area contributed by atoms with Crippen LogP contribution in [0.25, 0.3) is 0 Å². The molecular formula is C13H19NO3. The van der Waals surface area contributed by atoms with Crippen LogP contribution in [-0.2, 0) is 0 Å². The van der Waals surface area contributed by atoms with E-state index in [4.69, 9.17) is 15.2 Å². The molecule has 94 valence electrons. The highest BCUT2D eigenvalue weighted by Crippen LogP contribution is 2.43. The van der Waals surface area contributed by atoms with Gasteiger partial charge >= 0.3 is 0 Å². The van der Waals surface area contributed by atoms with Gasteiger partial charge in [0.05, 0.1) is 6.10 Å². The fourth-order valence-electron chi connectivity index (χ4n) is 2.21. The molecule has 0 aliphatic carbocycles. The third-order valence-electron chi connectivity index (χ3n) is 2.99. The van der Waals surface area contributed by atoms with Crippen LogP contribution in [0.4, 0.5) is 0 Å². The van der Waals surface area contributed by atoms with Crippen molar-refractivity contribution in [1.82, 2.24) is 0 Å². The zero-order valence-corrected chi connectivity index (χ0v) is 10.3. The van der Waals surface area contributed by atoms with Crippen molar-refractivity contribution in [2.24, 2.45) is 5.73 Å². The van der Waals surface area contributed by atoms with Crippen molar-refractivity contribution in [3.63, 3.8) is 0 Å². The van der Waals surface area contributed by atoms with Crippen molar-refractivity contribution in [1.29, 1.82) is 0 Å². The molecule has 2 rings (SSSR count). The van der Waals surface area contributed by atoms with Gasteiger partial charge in [0.15, 0.2) is 11.5 Å². The number of aliphatic hydroxyl groups excluding tert-OH is 1. The van der Waals surface area contributed by atoms with E-state index >= 15 is 0 Å². The van der Waals surface area contributed by atoms with Gasteiger partial charge in [-0.25, -0.2) is 0 Å². The van der Waals surface area contributed by atoms with Gasteiger partial charge in [0.1, 0.15) is 0 Å². The second-order valence-electron chi connectivity index (χ2n) is 4.55. The maximum Gasteiger partial charge on any atom is 0.231 e. The van der Waals surface area contributed by atoms with E-state index < -0.39 is 6.10 Å². The Kier molecular flexibility index (Phi) is 3.54. The zero-order valence-electron chi connectivity index (χ0n) is 10.3. The van der Waals surface area contributed by atoms with Gasteiger partial charge < -0.3 is 20.3 Å². The van der Waals surface area contributed by atoms with E-state index in [-0.39, 0.29) is 12.7 Å². The lowest BCUT2D eigenvalue weighted by Gasteiger charge is -2.19. The first-order valence-corrected chi connectivity index (χ1v) is 5.95. The molecule has 0 aromatic heterocycles. The number of benzene rings is 1. The largest absolute Gasteiger partial charge is 0.454 e. The lowest BCUT2D eigenvalue weighted by atomic mass is 9.91. The van der Waals surface area contributed by atoms with Crippen molar-refractivity contribution in [3.05, 3.63) is 23.3 Å². The summed E-state index contributed by atoms with van der Waals surface area (Å²) in [6, 6.07) is 3.76. The maximum atomic E-state index is 10.1. The summed E-state index contributed by atoms with van der Waals surface area (Å²) in [7, 11) is 0. The van der Waals surface area contributed by atoms with Gasteiger partial charge in [0.25, 0.3) is 0 Å². The van der Waals surface area contributed by atoms with Crippen molar-refractivity contribution in [2.75, 3.05) is 13.3 Å². The Morgan fingerprint density at radius 3 is 2.76 bits per heavy atom. The fraction of sp³-hybridized carbons (Fsp3) is 0.538. The zero-order chi connectivity index (χ0) is 12.4. The molecule has 1 heterocycles. The van der Waals surface area contributed by atoms with E-state index in [1.54, 1.807) is 0 Å². The van der Waals surface area contributed by atoms with Crippen LogP contribution in [0.15, 0.2) is 12.1 Å². The molecule has 1 aromatic carbocycles. The first kappa shape index (κ1) is 12.2. The minimum atomic E-state index is -0.535. The Hall–Kier alpha value is -1.26. The summed E-state index contributed by atoms with van der Waals surface area (Å²) in [6.45, 7) is 4.88. The Bertz CT molecular complexity index is 404. The Morgan fingerprint density at radius 1 is 1.35 bits per heavy atom. The summed E-state index contributed by atoms with van der Waals surface area (Å²) in [6.07, 6.45) is 0.0196. The molecule has 0 fully saturated rings.